The molecular weight excluding hydrogens is 244 g/mol. The lowest BCUT2D eigenvalue weighted by Gasteiger charge is -2.16. The van der Waals surface area contributed by atoms with E-state index in [0.29, 0.717) is 17.1 Å². The molecule has 1 atom stereocenters. The molecule has 0 fully saturated rings. The number of benzene rings is 1. The first-order valence-electron chi connectivity index (χ1n) is 5.96. The van der Waals surface area contributed by atoms with Gasteiger partial charge in [-0.15, -0.1) is 0 Å². The van der Waals surface area contributed by atoms with E-state index in [1.807, 2.05) is 13.8 Å². The highest BCUT2D eigenvalue weighted by Crippen LogP contribution is 2.24. The highest BCUT2D eigenvalue weighted by molar-refractivity contribution is 5.97. The molecular formula is C14H18N2O3. The van der Waals surface area contributed by atoms with E-state index in [1.54, 1.807) is 18.2 Å². The molecule has 19 heavy (non-hydrogen) atoms. The number of ether oxygens (including phenoxy) is 2. The van der Waals surface area contributed by atoms with Gasteiger partial charge in [-0.1, -0.05) is 13.8 Å². The maximum absolute atomic E-state index is 12.2. The summed E-state index contributed by atoms with van der Waals surface area (Å²) in [6, 6.07) is 6.48. The van der Waals surface area contributed by atoms with Gasteiger partial charge >= 0.3 is 0 Å². The van der Waals surface area contributed by atoms with Gasteiger partial charge in [-0.25, -0.2) is 0 Å². The van der Waals surface area contributed by atoms with Crippen molar-refractivity contribution in [1.29, 1.82) is 5.26 Å². The van der Waals surface area contributed by atoms with Crippen molar-refractivity contribution in [1.82, 2.24) is 5.32 Å². The molecule has 0 aromatic heterocycles. The second-order valence-electron chi connectivity index (χ2n) is 4.39. The summed E-state index contributed by atoms with van der Waals surface area (Å²) in [6.07, 6.45) is 0. The predicted molar refractivity (Wildman–Crippen MR) is 71.3 cm³/mol. The summed E-state index contributed by atoms with van der Waals surface area (Å²) in [5, 5.41) is 11.7. The SMILES string of the molecule is COc1ccc(OC)c(C(=O)NC(C#N)C(C)C)c1. The standard InChI is InChI=1S/C14H18N2O3/c1-9(2)12(8-15)16-14(17)11-7-10(18-3)5-6-13(11)19-4/h5-7,9,12H,1-4H3,(H,16,17). The minimum Gasteiger partial charge on any atom is -0.497 e. The molecule has 0 aliphatic heterocycles. The Kier molecular flexibility index (Phi) is 5.19. The van der Waals surface area contributed by atoms with Gasteiger partial charge in [0.1, 0.15) is 17.5 Å². The Balaban J connectivity index is 3.01. The molecule has 5 heteroatoms. The Morgan fingerprint density at radius 3 is 2.47 bits per heavy atom. The monoisotopic (exact) mass is 262 g/mol. The maximum atomic E-state index is 12.2. The van der Waals surface area contributed by atoms with Crippen LogP contribution in [-0.4, -0.2) is 26.2 Å². The quantitative estimate of drug-likeness (QED) is 0.880. The van der Waals surface area contributed by atoms with Crippen LogP contribution in [0.1, 0.15) is 24.2 Å². The van der Waals surface area contributed by atoms with Crippen molar-refractivity contribution < 1.29 is 14.3 Å². The Morgan fingerprint density at radius 2 is 2.00 bits per heavy atom. The second kappa shape index (κ2) is 6.64. The summed E-state index contributed by atoms with van der Waals surface area (Å²) in [6.45, 7) is 3.74. The van der Waals surface area contributed by atoms with Crippen LogP contribution in [0.3, 0.4) is 0 Å². The van der Waals surface area contributed by atoms with E-state index >= 15 is 0 Å². The zero-order valence-corrected chi connectivity index (χ0v) is 11.6. The maximum Gasteiger partial charge on any atom is 0.256 e. The normalized spacial score (nSPS) is 11.6. The third-order valence-electron chi connectivity index (χ3n) is 2.74. The van der Waals surface area contributed by atoms with Crippen LogP contribution >= 0.6 is 0 Å². The van der Waals surface area contributed by atoms with Gasteiger partial charge in [0.15, 0.2) is 0 Å². The summed E-state index contributed by atoms with van der Waals surface area (Å²) in [5.74, 6) is 0.685. The largest absolute Gasteiger partial charge is 0.497 e. The third kappa shape index (κ3) is 3.62. The van der Waals surface area contributed by atoms with Crippen LogP contribution in [0.25, 0.3) is 0 Å². The molecule has 1 aromatic rings. The molecule has 0 heterocycles. The summed E-state index contributed by atoms with van der Waals surface area (Å²) in [4.78, 5) is 12.2. The van der Waals surface area contributed by atoms with Crippen molar-refractivity contribution in [2.75, 3.05) is 14.2 Å². The van der Waals surface area contributed by atoms with E-state index in [4.69, 9.17) is 14.7 Å². The molecule has 1 aromatic carbocycles. The molecule has 0 aliphatic rings. The van der Waals surface area contributed by atoms with Crippen molar-refractivity contribution >= 4 is 5.91 Å². The summed E-state index contributed by atoms with van der Waals surface area (Å²) < 4.78 is 10.2. The van der Waals surface area contributed by atoms with Crippen LogP contribution in [-0.2, 0) is 0 Å². The lowest BCUT2D eigenvalue weighted by Crippen LogP contribution is -2.37. The molecule has 1 N–H and O–H groups in total. The summed E-state index contributed by atoms with van der Waals surface area (Å²) >= 11 is 0. The number of rotatable bonds is 5. The molecule has 0 saturated heterocycles. The predicted octanol–water partition coefficient (Wildman–Crippen LogP) is 1.98. The number of amides is 1. The van der Waals surface area contributed by atoms with Crippen LogP contribution in [0.4, 0.5) is 0 Å². The third-order valence-corrected chi connectivity index (χ3v) is 2.74. The molecule has 1 rings (SSSR count). The first-order chi connectivity index (χ1) is 9.03. The van der Waals surface area contributed by atoms with Crippen LogP contribution in [0.2, 0.25) is 0 Å². The van der Waals surface area contributed by atoms with Crippen LogP contribution in [0, 0.1) is 17.2 Å². The molecule has 1 unspecified atom stereocenters. The van der Waals surface area contributed by atoms with Crippen molar-refractivity contribution in [2.45, 2.75) is 19.9 Å². The van der Waals surface area contributed by atoms with Gasteiger partial charge in [-0.2, -0.15) is 5.26 Å². The van der Waals surface area contributed by atoms with E-state index in [9.17, 15) is 4.79 Å². The molecule has 0 radical (unpaired) electrons. The number of nitrogens with zero attached hydrogens (tertiary/aromatic N) is 1. The van der Waals surface area contributed by atoms with Crippen molar-refractivity contribution in [3.8, 4) is 17.6 Å². The zero-order chi connectivity index (χ0) is 14.4. The van der Waals surface area contributed by atoms with Crippen LogP contribution < -0.4 is 14.8 Å². The average Bonchev–Trinajstić information content (AvgIpc) is 2.43. The van der Waals surface area contributed by atoms with Gasteiger partial charge in [0.25, 0.3) is 5.91 Å². The number of methoxy groups -OCH3 is 2. The van der Waals surface area contributed by atoms with Crippen molar-refractivity contribution in [3.05, 3.63) is 23.8 Å². The molecule has 0 bridgehead atoms. The van der Waals surface area contributed by atoms with E-state index in [1.165, 1.54) is 14.2 Å². The van der Waals surface area contributed by atoms with E-state index in [2.05, 4.69) is 11.4 Å². The van der Waals surface area contributed by atoms with E-state index < -0.39 is 6.04 Å². The van der Waals surface area contributed by atoms with Gasteiger partial charge in [0, 0.05) is 0 Å². The number of hydrogen-bond donors (Lipinski definition) is 1. The van der Waals surface area contributed by atoms with Crippen molar-refractivity contribution in [2.24, 2.45) is 5.92 Å². The van der Waals surface area contributed by atoms with Crippen molar-refractivity contribution in [3.63, 3.8) is 0 Å². The fraction of sp³-hybridized carbons (Fsp3) is 0.429. The number of hydrogen-bond acceptors (Lipinski definition) is 4. The number of nitrogens with one attached hydrogen (secondary N) is 1. The highest BCUT2D eigenvalue weighted by atomic mass is 16.5. The second-order valence-corrected chi connectivity index (χ2v) is 4.39. The molecule has 1 amide bonds. The smallest absolute Gasteiger partial charge is 0.256 e. The zero-order valence-electron chi connectivity index (χ0n) is 11.6. The first kappa shape index (κ1) is 14.8. The molecule has 0 saturated carbocycles. The molecule has 0 spiro atoms. The highest BCUT2D eigenvalue weighted by Gasteiger charge is 2.19. The van der Waals surface area contributed by atoms with Gasteiger partial charge in [0.05, 0.1) is 25.9 Å². The van der Waals surface area contributed by atoms with Gasteiger partial charge in [-0.3, -0.25) is 4.79 Å². The number of carbonyl (C=O) groups is 1. The topological polar surface area (TPSA) is 71.3 Å². The minimum absolute atomic E-state index is 0.0329. The summed E-state index contributed by atoms with van der Waals surface area (Å²) in [5.41, 5.74) is 0.350. The molecule has 102 valence electrons. The Hall–Kier alpha value is -2.22. The van der Waals surface area contributed by atoms with E-state index in [-0.39, 0.29) is 11.8 Å². The average molecular weight is 262 g/mol. The van der Waals surface area contributed by atoms with Crippen LogP contribution in [0.15, 0.2) is 18.2 Å². The van der Waals surface area contributed by atoms with Gasteiger partial charge < -0.3 is 14.8 Å². The molecule has 0 aliphatic carbocycles. The first-order valence-corrected chi connectivity index (χ1v) is 5.96. The number of carbonyl (C=O) groups excluding carboxylic acids is 1. The lowest BCUT2D eigenvalue weighted by atomic mass is 10.1. The Labute approximate surface area is 113 Å². The number of nitriles is 1. The lowest BCUT2D eigenvalue weighted by molar-refractivity contribution is 0.0934. The Bertz CT molecular complexity index is 492. The van der Waals surface area contributed by atoms with Gasteiger partial charge in [-0.05, 0) is 24.1 Å². The Morgan fingerprint density at radius 1 is 1.32 bits per heavy atom. The fourth-order valence-electron chi connectivity index (χ4n) is 1.56. The van der Waals surface area contributed by atoms with E-state index in [0.717, 1.165) is 0 Å². The molecule has 5 nitrogen and oxygen atoms in total. The minimum atomic E-state index is -0.539. The summed E-state index contributed by atoms with van der Waals surface area (Å²) in [7, 11) is 3.01. The van der Waals surface area contributed by atoms with Crippen LogP contribution in [0.5, 0.6) is 11.5 Å². The van der Waals surface area contributed by atoms with Gasteiger partial charge in [0.2, 0.25) is 0 Å². The fourth-order valence-corrected chi connectivity index (χ4v) is 1.56.